The highest BCUT2D eigenvalue weighted by Gasteiger charge is 2.47. The molecule has 0 radical (unpaired) electrons. The molecular formula is C18H18F2N2O3S. The number of aromatic carboxylic acids is 1. The van der Waals surface area contributed by atoms with Gasteiger partial charge in [0.25, 0.3) is 0 Å². The Bertz CT molecular complexity index is 877. The molecule has 1 atom stereocenters. The third-order valence-electron chi connectivity index (χ3n) is 4.81. The van der Waals surface area contributed by atoms with Crippen LogP contribution in [-0.2, 0) is 10.2 Å². The van der Waals surface area contributed by atoms with Crippen molar-refractivity contribution in [2.45, 2.75) is 44.6 Å². The maximum absolute atomic E-state index is 14.2. The topological polar surface area (TPSA) is 79.3 Å². The summed E-state index contributed by atoms with van der Waals surface area (Å²) in [7, 11) is 0. The molecule has 8 heteroatoms. The molecule has 2 aromatic rings. The van der Waals surface area contributed by atoms with Crippen molar-refractivity contribution in [1.29, 1.82) is 0 Å². The number of hydrogen-bond acceptors (Lipinski definition) is 4. The van der Waals surface area contributed by atoms with Gasteiger partial charge in [-0.25, -0.2) is 18.6 Å². The molecular weight excluding hydrogens is 362 g/mol. The fourth-order valence-electron chi connectivity index (χ4n) is 3.22. The summed E-state index contributed by atoms with van der Waals surface area (Å²) in [5.41, 5.74) is -0.438. The van der Waals surface area contributed by atoms with Crippen LogP contribution in [0.3, 0.4) is 0 Å². The number of aromatic nitrogens is 1. The number of hydrogen-bond donors (Lipinski definition) is 2. The van der Waals surface area contributed by atoms with Gasteiger partial charge in [-0.15, -0.1) is 11.3 Å². The molecule has 1 aliphatic rings. The van der Waals surface area contributed by atoms with Crippen LogP contribution in [0.1, 0.15) is 58.2 Å². The summed E-state index contributed by atoms with van der Waals surface area (Å²) in [4.78, 5) is 28.4. The van der Waals surface area contributed by atoms with E-state index in [0.29, 0.717) is 23.5 Å². The average molecular weight is 380 g/mol. The van der Waals surface area contributed by atoms with Crippen molar-refractivity contribution in [3.05, 3.63) is 51.0 Å². The number of carboxylic acids is 1. The van der Waals surface area contributed by atoms with Crippen LogP contribution < -0.4 is 5.32 Å². The molecule has 0 spiro atoms. The van der Waals surface area contributed by atoms with E-state index in [0.717, 1.165) is 29.9 Å². The maximum atomic E-state index is 14.2. The summed E-state index contributed by atoms with van der Waals surface area (Å²) < 4.78 is 27.4. The van der Waals surface area contributed by atoms with Crippen LogP contribution in [0.2, 0.25) is 0 Å². The smallest absolute Gasteiger partial charge is 0.347 e. The van der Waals surface area contributed by atoms with Gasteiger partial charge in [-0.1, -0.05) is 12.5 Å². The van der Waals surface area contributed by atoms with Crippen molar-refractivity contribution < 1.29 is 23.5 Å². The van der Waals surface area contributed by atoms with E-state index < -0.39 is 29.1 Å². The molecule has 1 aliphatic carbocycles. The standard InChI is InChI=1S/C18H18F2N2O3S/c1-9-14(16(23)24)26-15(21-9)10(2)22-17(25)18(6-3-7-18)12-5-4-11(19)8-13(12)20/h4-5,8,10H,3,6-7H2,1-2H3,(H,22,25)(H,23,24). The van der Waals surface area contributed by atoms with Gasteiger partial charge >= 0.3 is 5.97 Å². The van der Waals surface area contributed by atoms with E-state index in [1.807, 2.05) is 0 Å². The van der Waals surface area contributed by atoms with Crippen LogP contribution >= 0.6 is 11.3 Å². The molecule has 26 heavy (non-hydrogen) atoms. The minimum absolute atomic E-state index is 0.129. The zero-order valence-electron chi connectivity index (χ0n) is 14.3. The van der Waals surface area contributed by atoms with Crippen LogP contribution in [0, 0.1) is 18.6 Å². The lowest BCUT2D eigenvalue weighted by atomic mass is 9.63. The largest absolute Gasteiger partial charge is 0.477 e. The predicted molar refractivity (Wildman–Crippen MR) is 92.3 cm³/mol. The number of carboxylic acid groups (broad SMARTS) is 1. The van der Waals surface area contributed by atoms with Crippen molar-refractivity contribution in [3.63, 3.8) is 0 Å². The number of benzene rings is 1. The van der Waals surface area contributed by atoms with E-state index in [1.54, 1.807) is 13.8 Å². The first kappa shape index (κ1) is 18.4. The van der Waals surface area contributed by atoms with Gasteiger partial charge in [0.15, 0.2) is 0 Å². The molecule has 138 valence electrons. The zero-order chi connectivity index (χ0) is 19.1. The molecule has 1 heterocycles. The number of carbonyl (C=O) groups excluding carboxylic acids is 1. The van der Waals surface area contributed by atoms with Crippen LogP contribution in [0.25, 0.3) is 0 Å². The van der Waals surface area contributed by atoms with Gasteiger partial charge in [0.1, 0.15) is 21.5 Å². The van der Waals surface area contributed by atoms with Gasteiger partial charge in [-0.05, 0) is 32.8 Å². The van der Waals surface area contributed by atoms with E-state index in [-0.39, 0.29) is 16.3 Å². The number of aryl methyl sites for hydroxylation is 1. The predicted octanol–water partition coefficient (Wildman–Crippen LogP) is 3.73. The van der Waals surface area contributed by atoms with E-state index in [1.165, 1.54) is 6.07 Å². The van der Waals surface area contributed by atoms with Crippen molar-refractivity contribution >= 4 is 23.2 Å². The van der Waals surface area contributed by atoms with Crippen LogP contribution in [0.4, 0.5) is 8.78 Å². The number of nitrogens with one attached hydrogen (secondary N) is 1. The number of rotatable bonds is 5. The minimum atomic E-state index is -1.06. The van der Waals surface area contributed by atoms with Gasteiger partial charge in [-0.3, -0.25) is 4.79 Å². The normalized spacial score (nSPS) is 16.6. The van der Waals surface area contributed by atoms with Crippen LogP contribution in [-0.4, -0.2) is 22.0 Å². The lowest BCUT2D eigenvalue weighted by Gasteiger charge is -2.41. The summed E-state index contributed by atoms with van der Waals surface area (Å²) >= 11 is 1.01. The molecule has 1 saturated carbocycles. The second-order valence-corrected chi connectivity index (χ2v) is 7.56. The first-order valence-corrected chi connectivity index (χ1v) is 9.03. The summed E-state index contributed by atoms with van der Waals surface area (Å²) in [6, 6.07) is 2.75. The Balaban J connectivity index is 1.83. The van der Waals surface area contributed by atoms with Crippen molar-refractivity contribution in [1.82, 2.24) is 10.3 Å². The van der Waals surface area contributed by atoms with E-state index in [2.05, 4.69) is 10.3 Å². The molecule has 1 aromatic heterocycles. The highest BCUT2D eigenvalue weighted by Crippen LogP contribution is 2.45. The molecule has 1 aromatic carbocycles. The molecule has 0 saturated heterocycles. The van der Waals surface area contributed by atoms with Crippen LogP contribution in [0.5, 0.6) is 0 Å². The molecule has 3 rings (SSSR count). The third-order valence-corrected chi connectivity index (χ3v) is 6.14. The van der Waals surface area contributed by atoms with Crippen molar-refractivity contribution in [2.75, 3.05) is 0 Å². The van der Waals surface area contributed by atoms with Gasteiger partial charge in [0, 0.05) is 11.6 Å². The maximum Gasteiger partial charge on any atom is 0.347 e. The second kappa shape index (κ2) is 6.75. The number of nitrogens with zero attached hydrogens (tertiary/aromatic N) is 1. The fourth-order valence-corrected chi connectivity index (χ4v) is 4.13. The van der Waals surface area contributed by atoms with E-state index >= 15 is 0 Å². The summed E-state index contributed by atoms with van der Waals surface area (Å²) in [6.45, 7) is 3.30. The van der Waals surface area contributed by atoms with Crippen molar-refractivity contribution in [2.24, 2.45) is 0 Å². The fraction of sp³-hybridized carbons (Fsp3) is 0.389. The summed E-state index contributed by atoms with van der Waals surface area (Å²) in [5, 5.41) is 12.4. The van der Waals surface area contributed by atoms with Gasteiger partial charge in [0.2, 0.25) is 5.91 Å². The Morgan fingerprint density at radius 1 is 1.35 bits per heavy atom. The highest BCUT2D eigenvalue weighted by atomic mass is 32.1. The Morgan fingerprint density at radius 3 is 2.54 bits per heavy atom. The van der Waals surface area contributed by atoms with E-state index in [9.17, 15) is 18.4 Å². The van der Waals surface area contributed by atoms with Gasteiger partial charge < -0.3 is 10.4 Å². The van der Waals surface area contributed by atoms with Gasteiger partial charge in [0.05, 0.1) is 17.2 Å². The number of thiazole rings is 1. The molecule has 0 bridgehead atoms. The quantitative estimate of drug-likeness (QED) is 0.828. The van der Waals surface area contributed by atoms with Gasteiger partial charge in [-0.2, -0.15) is 0 Å². The highest BCUT2D eigenvalue weighted by molar-refractivity contribution is 7.13. The zero-order valence-corrected chi connectivity index (χ0v) is 15.1. The first-order chi connectivity index (χ1) is 12.2. The molecule has 2 N–H and O–H groups in total. The summed E-state index contributed by atoms with van der Waals surface area (Å²) in [6.07, 6.45) is 1.73. The lowest BCUT2D eigenvalue weighted by Crippen LogP contribution is -2.50. The SMILES string of the molecule is Cc1nc(C(C)NC(=O)C2(c3ccc(F)cc3F)CCC2)sc1C(=O)O. The first-order valence-electron chi connectivity index (χ1n) is 8.22. The number of halogens is 2. The molecule has 1 amide bonds. The minimum Gasteiger partial charge on any atom is -0.477 e. The lowest BCUT2D eigenvalue weighted by molar-refractivity contribution is -0.130. The number of carbonyl (C=O) groups is 2. The van der Waals surface area contributed by atoms with Crippen LogP contribution in [0.15, 0.2) is 18.2 Å². The molecule has 0 aliphatic heterocycles. The molecule has 5 nitrogen and oxygen atoms in total. The summed E-state index contributed by atoms with van der Waals surface area (Å²) in [5.74, 6) is -2.83. The Morgan fingerprint density at radius 2 is 2.04 bits per heavy atom. The Kier molecular flexibility index (Phi) is 4.79. The Hall–Kier alpha value is -2.35. The average Bonchev–Trinajstić information content (AvgIpc) is 2.90. The van der Waals surface area contributed by atoms with Crippen molar-refractivity contribution in [3.8, 4) is 0 Å². The second-order valence-electron chi connectivity index (χ2n) is 6.53. The number of amides is 1. The molecule has 1 unspecified atom stereocenters. The molecule has 1 fully saturated rings. The van der Waals surface area contributed by atoms with E-state index in [4.69, 9.17) is 5.11 Å². The third kappa shape index (κ3) is 3.09. The Labute approximate surface area is 153 Å². The monoisotopic (exact) mass is 380 g/mol.